The topological polar surface area (TPSA) is 55.4 Å². The van der Waals surface area contributed by atoms with Gasteiger partial charge in [-0.25, -0.2) is 4.79 Å². The standard InChI is InChI=1S/C14H18ClNO3/c1-9(8-17)11-7-10(15)5-6-12(11)16-13(18)19-14(2,3)4/h5-9H,1-4H3,(H,16,18). The second kappa shape index (κ2) is 6.06. The maximum absolute atomic E-state index is 11.7. The molecular weight excluding hydrogens is 266 g/mol. The summed E-state index contributed by atoms with van der Waals surface area (Å²) >= 11 is 5.90. The molecule has 19 heavy (non-hydrogen) atoms. The lowest BCUT2D eigenvalue weighted by Gasteiger charge is -2.21. The minimum atomic E-state index is -0.576. The van der Waals surface area contributed by atoms with E-state index in [1.54, 1.807) is 45.9 Å². The van der Waals surface area contributed by atoms with E-state index in [0.29, 0.717) is 16.3 Å². The lowest BCUT2D eigenvalue weighted by molar-refractivity contribution is -0.108. The molecule has 0 fully saturated rings. The van der Waals surface area contributed by atoms with Crippen LogP contribution < -0.4 is 5.32 Å². The molecule has 0 bridgehead atoms. The van der Waals surface area contributed by atoms with E-state index in [9.17, 15) is 9.59 Å². The van der Waals surface area contributed by atoms with E-state index in [1.165, 1.54) is 0 Å². The number of nitrogens with one attached hydrogen (secondary N) is 1. The van der Waals surface area contributed by atoms with Gasteiger partial charge < -0.3 is 9.53 Å². The molecule has 1 N–H and O–H groups in total. The van der Waals surface area contributed by atoms with E-state index in [1.807, 2.05) is 0 Å². The molecule has 104 valence electrons. The number of carbonyl (C=O) groups excluding carboxylic acids is 2. The third-order valence-corrected chi connectivity index (χ3v) is 2.58. The normalized spacial score (nSPS) is 12.7. The largest absolute Gasteiger partial charge is 0.444 e. The highest BCUT2D eigenvalue weighted by Gasteiger charge is 2.18. The first-order chi connectivity index (χ1) is 8.73. The van der Waals surface area contributed by atoms with E-state index in [0.717, 1.165) is 6.29 Å². The molecule has 0 saturated carbocycles. The van der Waals surface area contributed by atoms with Crippen LogP contribution in [0.25, 0.3) is 0 Å². The predicted molar refractivity (Wildman–Crippen MR) is 75.8 cm³/mol. The third-order valence-electron chi connectivity index (χ3n) is 2.34. The van der Waals surface area contributed by atoms with Crippen molar-refractivity contribution in [3.05, 3.63) is 28.8 Å². The van der Waals surface area contributed by atoms with Crippen molar-refractivity contribution in [3.8, 4) is 0 Å². The van der Waals surface area contributed by atoms with E-state index in [2.05, 4.69) is 5.32 Å². The quantitative estimate of drug-likeness (QED) is 0.853. The van der Waals surface area contributed by atoms with Gasteiger partial charge in [-0.3, -0.25) is 5.32 Å². The zero-order valence-corrected chi connectivity index (χ0v) is 12.2. The molecule has 1 aromatic carbocycles. The molecule has 0 heterocycles. The Morgan fingerprint density at radius 3 is 2.58 bits per heavy atom. The molecule has 0 aliphatic carbocycles. The molecule has 1 atom stereocenters. The number of amides is 1. The zero-order valence-electron chi connectivity index (χ0n) is 11.5. The SMILES string of the molecule is CC(C=O)c1cc(Cl)ccc1NC(=O)OC(C)(C)C. The fourth-order valence-electron chi connectivity index (χ4n) is 1.51. The highest BCUT2D eigenvalue weighted by molar-refractivity contribution is 6.30. The lowest BCUT2D eigenvalue weighted by atomic mass is 10.0. The Morgan fingerprint density at radius 2 is 2.05 bits per heavy atom. The van der Waals surface area contributed by atoms with E-state index in [4.69, 9.17) is 16.3 Å². The first-order valence-electron chi connectivity index (χ1n) is 5.97. The fraction of sp³-hybridized carbons (Fsp3) is 0.429. The van der Waals surface area contributed by atoms with Gasteiger partial charge in [0.1, 0.15) is 11.9 Å². The molecule has 0 radical (unpaired) electrons. The fourth-order valence-corrected chi connectivity index (χ4v) is 1.69. The second-order valence-corrected chi connectivity index (χ2v) is 5.72. The summed E-state index contributed by atoms with van der Waals surface area (Å²) in [6.07, 6.45) is 0.237. The van der Waals surface area contributed by atoms with Gasteiger partial charge in [-0.05, 0) is 44.5 Å². The zero-order chi connectivity index (χ0) is 14.6. The van der Waals surface area contributed by atoms with Gasteiger partial charge in [0.05, 0.1) is 0 Å². The number of aldehydes is 1. The summed E-state index contributed by atoms with van der Waals surface area (Å²) < 4.78 is 5.17. The number of benzene rings is 1. The van der Waals surface area contributed by atoms with Crippen LogP contribution in [-0.4, -0.2) is 18.0 Å². The van der Waals surface area contributed by atoms with E-state index >= 15 is 0 Å². The van der Waals surface area contributed by atoms with Crippen LogP contribution >= 0.6 is 11.6 Å². The number of hydrogen-bond acceptors (Lipinski definition) is 3. The molecule has 0 aromatic heterocycles. The van der Waals surface area contributed by atoms with Crippen molar-refractivity contribution in [3.63, 3.8) is 0 Å². The average Bonchev–Trinajstić information content (AvgIpc) is 2.28. The molecule has 0 aliphatic heterocycles. The van der Waals surface area contributed by atoms with Gasteiger partial charge in [0.25, 0.3) is 0 Å². The van der Waals surface area contributed by atoms with Gasteiger partial charge >= 0.3 is 6.09 Å². The van der Waals surface area contributed by atoms with Crippen molar-refractivity contribution < 1.29 is 14.3 Å². The highest BCUT2D eigenvalue weighted by Crippen LogP contribution is 2.27. The molecule has 1 rings (SSSR count). The Hall–Kier alpha value is -1.55. The summed E-state index contributed by atoms with van der Waals surface area (Å²) in [4.78, 5) is 22.6. The van der Waals surface area contributed by atoms with Crippen LogP contribution in [0.15, 0.2) is 18.2 Å². The van der Waals surface area contributed by atoms with Gasteiger partial charge in [-0.2, -0.15) is 0 Å². The molecule has 0 saturated heterocycles. The monoisotopic (exact) mass is 283 g/mol. The van der Waals surface area contributed by atoms with Crippen molar-refractivity contribution >= 4 is 29.7 Å². The van der Waals surface area contributed by atoms with Crippen LogP contribution in [0.3, 0.4) is 0 Å². The second-order valence-electron chi connectivity index (χ2n) is 5.28. The Balaban J connectivity index is 2.95. The molecule has 4 nitrogen and oxygen atoms in total. The minimum absolute atomic E-state index is 0.358. The maximum Gasteiger partial charge on any atom is 0.412 e. The Labute approximate surface area is 118 Å². The molecule has 1 aromatic rings. The van der Waals surface area contributed by atoms with Gasteiger partial charge in [0.2, 0.25) is 0 Å². The van der Waals surface area contributed by atoms with Gasteiger partial charge in [-0.1, -0.05) is 18.5 Å². The average molecular weight is 284 g/mol. The first-order valence-corrected chi connectivity index (χ1v) is 6.35. The number of rotatable bonds is 3. The first kappa shape index (κ1) is 15.5. The van der Waals surface area contributed by atoms with Gasteiger partial charge in [0.15, 0.2) is 0 Å². The van der Waals surface area contributed by atoms with Crippen LogP contribution in [0.1, 0.15) is 39.2 Å². The lowest BCUT2D eigenvalue weighted by Crippen LogP contribution is -2.27. The van der Waals surface area contributed by atoms with Crippen LogP contribution in [0.5, 0.6) is 0 Å². The Bertz CT molecular complexity index is 480. The molecule has 0 spiro atoms. The molecule has 0 aliphatic rings. The van der Waals surface area contributed by atoms with Crippen molar-refractivity contribution in [1.29, 1.82) is 0 Å². The summed E-state index contributed by atoms with van der Waals surface area (Å²) in [7, 11) is 0. The van der Waals surface area contributed by atoms with E-state index < -0.39 is 11.7 Å². The summed E-state index contributed by atoms with van der Waals surface area (Å²) in [6, 6.07) is 4.96. The number of halogens is 1. The molecule has 5 heteroatoms. The molecule has 1 amide bonds. The molecular formula is C14H18ClNO3. The molecule has 1 unspecified atom stereocenters. The number of ether oxygens (including phenoxy) is 1. The maximum atomic E-state index is 11.7. The van der Waals surface area contributed by atoms with Crippen molar-refractivity contribution in [2.45, 2.75) is 39.2 Å². The summed E-state index contributed by atoms with van der Waals surface area (Å²) in [5.41, 5.74) is 0.610. The number of anilines is 1. The van der Waals surface area contributed by atoms with Gasteiger partial charge in [0, 0.05) is 16.6 Å². The van der Waals surface area contributed by atoms with Gasteiger partial charge in [-0.15, -0.1) is 0 Å². The van der Waals surface area contributed by atoms with Crippen LogP contribution in [0.2, 0.25) is 5.02 Å². The summed E-state index contributed by atoms with van der Waals surface area (Å²) in [5.74, 6) is -0.358. The third kappa shape index (κ3) is 4.91. The van der Waals surface area contributed by atoms with Crippen LogP contribution in [0, 0.1) is 0 Å². The van der Waals surface area contributed by atoms with Crippen molar-refractivity contribution in [2.75, 3.05) is 5.32 Å². The van der Waals surface area contributed by atoms with Crippen LogP contribution in [0.4, 0.5) is 10.5 Å². The number of carbonyl (C=O) groups is 2. The summed E-state index contributed by atoms with van der Waals surface area (Å²) in [6.45, 7) is 7.08. The summed E-state index contributed by atoms with van der Waals surface area (Å²) in [5, 5.41) is 3.14. The highest BCUT2D eigenvalue weighted by atomic mass is 35.5. The Morgan fingerprint density at radius 1 is 1.42 bits per heavy atom. The van der Waals surface area contributed by atoms with Crippen molar-refractivity contribution in [2.24, 2.45) is 0 Å². The smallest absolute Gasteiger partial charge is 0.412 e. The van der Waals surface area contributed by atoms with E-state index in [-0.39, 0.29) is 5.92 Å². The number of hydrogen-bond donors (Lipinski definition) is 1. The van der Waals surface area contributed by atoms with Crippen LogP contribution in [-0.2, 0) is 9.53 Å². The van der Waals surface area contributed by atoms with Crippen molar-refractivity contribution in [1.82, 2.24) is 0 Å². The Kier molecular flexibility index (Phi) is 4.95. The predicted octanol–water partition coefficient (Wildman–Crippen LogP) is 3.99. The minimum Gasteiger partial charge on any atom is -0.444 e.